The monoisotopic (exact) mass is 492 g/mol. The molecule has 2 N–H and O–H groups in total. The molecule has 1 atom stereocenters. The highest BCUT2D eigenvalue weighted by Crippen LogP contribution is 2.28. The van der Waals surface area contributed by atoms with E-state index in [-0.39, 0.29) is 21.5 Å². The van der Waals surface area contributed by atoms with Crippen molar-refractivity contribution in [3.05, 3.63) is 82.3 Å². The zero-order valence-corrected chi connectivity index (χ0v) is 19.8. The molecule has 0 aliphatic heterocycles. The number of carbonyl (C=O) groups is 1. The van der Waals surface area contributed by atoms with Crippen LogP contribution in [0, 0.1) is 6.92 Å². The van der Waals surface area contributed by atoms with E-state index in [1.807, 2.05) is 32.0 Å². The summed E-state index contributed by atoms with van der Waals surface area (Å²) in [6.07, 6.45) is -0.216. The maximum atomic E-state index is 12.6. The number of rotatable bonds is 8. The van der Waals surface area contributed by atoms with Gasteiger partial charge in [0.25, 0.3) is 15.9 Å². The molecule has 32 heavy (non-hydrogen) atoms. The van der Waals surface area contributed by atoms with E-state index in [2.05, 4.69) is 10.0 Å². The van der Waals surface area contributed by atoms with Crippen LogP contribution in [0.15, 0.2) is 71.6 Å². The average molecular weight is 493 g/mol. The van der Waals surface area contributed by atoms with E-state index in [4.69, 9.17) is 27.9 Å². The van der Waals surface area contributed by atoms with Crippen LogP contribution < -0.4 is 14.8 Å². The maximum absolute atomic E-state index is 12.6. The Morgan fingerprint density at radius 3 is 2.38 bits per heavy atom. The second kappa shape index (κ2) is 10.3. The van der Waals surface area contributed by atoms with Crippen LogP contribution in [0.4, 0.5) is 11.4 Å². The van der Waals surface area contributed by atoms with Gasteiger partial charge in [0.05, 0.1) is 15.6 Å². The lowest BCUT2D eigenvalue weighted by Gasteiger charge is -2.18. The van der Waals surface area contributed by atoms with Gasteiger partial charge >= 0.3 is 0 Å². The molecule has 0 heterocycles. The van der Waals surface area contributed by atoms with E-state index in [1.54, 1.807) is 6.07 Å². The smallest absolute Gasteiger partial charge is 0.265 e. The van der Waals surface area contributed by atoms with Gasteiger partial charge in [-0.1, -0.05) is 42.3 Å². The molecule has 168 valence electrons. The van der Waals surface area contributed by atoms with Gasteiger partial charge in [0, 0.05) is 10.7 Å². The third kappa shape index (κ3) is 6.16. The topological polar surface area (TPSA) is 84.5 Å². The summed E-state index contributed by atoms with van der Waals surface area (Å²) in [7, 11) is -3.87. The van der Waals surface area contributed by atoms with Crippen LogP contribution in [0.3, 0.4) is 0 Å². The first-order chi connectivity index (χ1) is 15.2. The molecular weight excluding hydrogens is 471 g/mol. The van der Waals surface area contributed by atoms with Gasteiger partial charge in [0.15, 0.2) is 6.10 Å². The van der Waals surface area contributed by atoms with Crippen LogP contribution in [-0.4, -0.2) is 20.4 Å². The molecule has 0 saturated heterocycles. The molecule has 0 aliphatic rings. The van der Waals surface area contributed by atoms with Crippen molar-refractivity contribution >= 4 is 50.5 Å². The fourth-order valence-corrected chi connectivity index (χ4v) is 4.48. The van der Waals surface area contributed by atoms with Gasteiger partial charge in [0.2, 0.25) is 0 Å². The van der Waals surface area contributed by atoms with Crippen LogP contribution in [0.2, 0.25) is 10.0 Å². The quantitative estimate of drug-likeness (QED) is 0.409. The first-order valence-corrected chi connectivity index (χ1v) is 12.0. The number of sulfonamides is 1. The zero-order valence-electron chi connectivity index (χ0n) is 17.4. The summed E-state index contributed by atoms with van der Waals surface area (Å²) >= 11 is 11.9. The lowest BCUT2D eigenvalue weighted by Crippen LogP contribution is -2.32. The van der Waals surface area contributed by atoms with Crippen LogP contribution in [-0.2, 0) is 14.8 Å². The largest absolute Gasteiger partial charge is 0.481 e. The van der Waals surface area contributed by atoms with Crippen LogP contribution in [0.5, 0.6) is 5.75 Å². The minimum Gasteiger partial charge on any atom is -0.481 e. The number of hydrogen-bond acceptors (Lipinski definition) is 4. The number of amides is 1. The number of hydrogen-bond donors (Lipinski definition) is 2. The van der Waals surface area contributed by atoms with Crippen molar-refractivity contribution in [3.8, 4) is 5.75 Å². The number of aryl methyl sites for hydroxylation is 1. The number of anilines is 2. The van der Waals surface area contributed by atoms with Crippen molar-refractivity contribution in [2.24, 2.45) is 0 Å². The van der Waals surface area contributed by atoms with Gasteiger partial charge in [-0.2, -0.15) is 0 Å². The molecule has 3 aromatic carbocycles. The zero-order chi connectivity index (χ0) is 23.3. The molecule has 6 nitrogen and oxygen atoms in total. The van der Waals surface area contributed by atoms with Crippen LogP contribution >= 0.6 is 23.2 Å². The standard InChI is InChI=1S/C23H22Cl2N2O4S/c1-3-22(31-18-6-4-5-15(2)13-18)23(28)26-17-8-10-19(11-9-17)32(29,30)27-21-12-7-16(24)14-20(21)25/h4-14,22,27H,3H2,1-2H3,(H,26,28). The van der Waals surface area contributed by atoms with Gasteiger partial charge < -0.3 is 10.1 Å². The number of benzene rings is 3. The second-order valence-corrected chi connectivity index (χ2v) is 9.60. The number of carbonyl (C=O) groups excluding carboxylic acids is 1. The SMILES string of the molecule is CCC(Oc1cccc(C)c1)C(=O)Nc1ccc(S(=O)(=O)Nc2ccc(Cl)cc2Cl)cc1. The summed E-state index contributed by atoms with van der Waals surface area (Å²) in [5.41, 5.74) is 1.69. The Hall–Kier alpha value is -2.74. The van der Waals surface area contributed by atoms with E-state index in [1.165, 1.54) is 42.5 Å². The molecule has 0 bridgehead atoms. The second-order valence-electron chi connectivity index (χ2n) is 7.07. The first kappa shape index (κ1) is 23.9. The van der Waals surface area contributed by atoms with Crippen molar-refractivity contribution in [1.29, 1.82) is 0 Å². The minimum atomic E-state index is -3.87. The molecule has 0 spiro atoms. The number of ether oxygens (including phenoxy) is 1. The van der Waals surface area contributed by atoms with Gasteiger partial charge in [-0.05, 0) is 73.5 Å². The molecule has 9 heteroatoms. The van der Waals surface area contributed by atoms with E-state index in [0.717, 1.165) is 5.56 Å². The Bertz CT molecular complexity index is 1210. The van der Waals surface area contributed by atoms with Crippen molar-refractivity contribution < 1.29 is 17.9 Å². The molecule has 0 fully saturated rings. The Balaban J connectivity index is 1.68. The van der Waals surface area contributed by atoms with E-state index in [9.17, 15) is 13.2 Å². The minimum absolute atomic E-state index is 0.0181. The van der Waals surface area contributed by atoms with Crippen molar-refractivity contribution in [1.82, 2.24) is 0 Å². The summed E-state index contributed by atoms with van der Waals surface area (Å²) < 4.78 is 33.5. The first-order valence-electron chi connectivity index (χ1n) is 9.80. The summed E-state index contributed by atoms with van der Waals surface area (Å²) in [6, 6.07) is 17.7. The molecule has 1 amide bonds. The highest BCUT2D eigenvalue weighted by Gasteiger charge is 2.20. The van der Waals surface area contributed by atoms with Crippen LogP contribution in [0.1, 0.15) is 18.9 Å². The molecule has 1 unspecified atom stereocenters. The predicted molar refractivity (Wildman–Crippen MR) is 128 cm³/mol. The lowest BCUT2D eigenvalue weighted by molar-refractivity contribution is -0.122. The van der Waals surface area contributed by atoms with Gasteiger partial charge in [-0.15, -0.1) is 0 Å². The van der Waals surface area contributed by atoms with E-state index < -0.39 is 16.1 Å². The molecule has 0 radical (unpaired) electrons. The third-order valence-electron chi connectivity index (χ3n) is 4.54. The van der Waals surface area contributed by atoms with Gasteiger partial charge in [0.1, 0.15) is 5.75 Å². The summed E-state index contributed by atoms with van der Waals surface area (Å²) in [6.45, 7) is 3.79. The average Bonchev–Trinajstić information content (AvgIpc) is 2.74. The molecule has 0 aromatic heterocycles. The Kier molecular flexibility index (Phi) is 7.66. The van der Waals surface area contributed by atoms with Gasteiger partial charge in [-0.3, -0.25) is 9.52 Å². The summed E-state index contributed by atoms with van der Waals surface area (Å²) in [5.74, 6) is 0.288. The summed E-state index contributed by atoms with van der Waals surface area (Å²) in [5, 5.41) is 3.34. The Morgan fingerprint density at radius 1 is 1.03 bits per heavy atom. The highest BCUT2D eigenvalue weighted by atomic mass is 35.5. The fourth-order valence-electron chi connectivity index (χ4n) is 2.89. The summed E-state index contributed by atoms with van der Waals surface area (Å²) in [4.78, 5) is 12.6. The highest BCUT2D eigenvalue weighted by molar-refractivity contribution is 7.92. The van der Waals surface area contributed by atoms with Crippen molar-refractivity contribution in [3.63, 3.8) is 0 Å². The normalized spacial score (nSPS) is 12.1. The number of halogens is 2. The van der Waals surface area contributed by atoms with E-state index in [0.29, 0.717) is 22.9 Å². The number of nitrogens with one attached hydrogen (secondary N) is 2. The van der Waals surface area contributed by atoms with Crippen molar-refractivity contribution in [2.45, 2.75) is 31.3 Å². The molecule has 0 aliphatic carbocycles. The third-order valence-corrected chi connectivity index (χ3v) is 6.47. The molecule has 0 saturated carbocycles. The lowest BCUT2D eigenvalue weighted by atomic mass is 10.2. The fraction of sp³-hybridized carbons (Fsp3) is 0.174. The van der Waals surface area contributed by atoms with Crippen LogP contribution in [0.25, 0.3) is 0 Å². The molecular formula is C23H22Cl2N2O4S. The molecule has 3 aromatic rings. The van der Waals surface area contributed by atoms with Crippen molar-refractivity contribution in [2.75, 3.05) is 10.0 Å². The predicted octanol–water partition coefficient (Wildman–Crippen LogP) is 5.90. The molecule has 3 rings (SSSR count). The maximum Gasteiger partial charge on any atom is 0.265 e. The Labute approximate surface area is 197 Å². The Morgan fingerprint density at radius 2 is 1.75 bits per heavy atom. The van der Waals surface area contributed by atoms with Gasteiger partial charge in [-0.25, -0.2) is 8.42 Å². The van der Waals surface area contributed by atoms with E-state index >= 15 is 0 Å².